The molecule has 0 saturated carbocycles. The molecule has 1 aliphatic rings. The van der Waals surface area contributed by atoms with Gasteiger partial charge in [0.15, 0.2) is 6.29 Å². The van der Waals surface area contributed by atoms with Crippen LogP contribution in [0.3, 0.4) is 0 Å². The first kappa shape index (κ1) is 8.68. The van der Waals surface area contributed by atoms with Crippen molar-refractivity contribution in [2.75, 3.05) is 13.7 Å². The number of carbonyl (C=O) groups is 1. The Morgan fingerprint density at radius 1 is 1.82 bits per heavy atom. The Hall–Kier alpha value is -0.410. The minimum absolute atomic E-state index is 0.107. The first-order chi connectivity index (χ1) is 5.20. The van der Waals surface area contributed by atoms with Crippen molar-refractivity contribution < 1.29 is 14.3 Å². The van der Waals surface area contributed by atoms with Gasteiger partial charge >= 0.3 is 0 Å². The molecule has 2 unspecified atom stereocenters. The fourth-order valence-corrected chi connectivity index (χ4v) is 1.34. The number of carbonyl (C=O) groups excluding carboxylic acids is 1. The lowest BCUT2D eigenvalue weighted by Gasteiger charge is -2.16. The smallest absolute Gasteiger partial charge is 0.151 e. The summed E-state index contributed by atoms with van der Waals surface area (Å²) in [6, 6.07) is 0. The quantitative estimate of drug-likeness (QED) is 0.569. The van der Waals surface area contributed by atoms with Gasteiger partial charge in [-0.1, -0.05) is 0 Å². The van der Waals surface area contributed by atoms with Crippen LogP contribution in [-0.4, -0.2) is 31.7 Å². The molecule has 0 bridgehead atoms. The zero-order valence-corrected chi connectivity index (χ0v) is 7.00. The Morgan fingerprint density at radius 3 is 3.00 bits per heavy atom. The lowest BCUT2D eigenvalue weighted by molar-refractivity contribution is -0.129. The summed E-state index contributed by atoms with van der Waals surface area (Å²) in [4.78, 5) is 10.5. The van der Waals surface area contributed by atoms with Crippen molar-refractivity contribution in [3.63, 3.8) is 0 Å². The highest BCUT2D eigenvalue weighted by Crippen LogP contribution is 2.27. The van der Waals surface area contributed by atoms with Crippen LogP contribution in [-0.2, 0) is 14.3 Å². The number of methoxy groups -OCH3 is 1. The first-order valence-corrected chi connectivity index (χ1v) is 3.83. The van der Waals surface area contributed by atoms with Crippen LogP contribution in [0.1, 0.15) is 19.8 Å². The normalized spacial score (nSPS) is 37.5. The molecule has 0 radical (unpaired) electrons. The molecule has 2 atom stereocenters. The predicted molar refractivity (Wildman–Crippen MR) is 40.5 cm³/mol. The molecule has 0 amide bonds. The lowest BCUT2D eigenvalue weighted by Crippen LogP contribution is -2.27. The summed E-state index contributed by atoms with van der Waals surface area (Å²) >= 11 is 0. The van der Waals surface area contributed by atoms with Gasteiger partial charge in [-0.25, -0.2) is 0 Å². The molecule has 0 aromatic heterocycles. The summed E-state index contributed by atoms with van der Waals surface area (Å²) in [7, 11) is 1.64. The molecule has 1 rings (SSSR count). The number of hydrogen-bond donors (Lipinski definition) is 0. The van der Waals surface area contributed by atoms with Crippen LogP contribution in [0.5, 0.6) is 0 Å². The third kappa shape index (κ3) is 2.01. The first-order valence-electron chi connectivity index (χ1n) is 3.83. The maximum atomic E-state index is 10.5. The van der Waals surface area contributed by atoms with Gasteiger partial charge in [0.25, 0.3) is 0 Å². The molecule has 1 aliphatic heterocycles. The van der Waals surface area contributed by atoms with E-state index in [1.165, 1.54) is 0 Å². The van der Waals surface area contributed by atoms with Crippen LogP contribution >= 0.6 is 0 Å². The molecule has 64 valence electrons. The van der Waals surface area contributed by atoms with Crippen molar-refractivity contribution in [3.8, 4) is 0 Å². The van der Waals surface area contributed by atoms with Crippen LogP contribution < -0.4 is 0 Å². The molecule has 1 fully saturated rings. The number of aldehydes is 1. The highest BCUT2D eigenvalue weighted by molar-refractivity contribution is 5.62. The van der Waals surface area contributed by atoms with Gasteiger partial charge < -0.3 is 14.3 Å². The largest absolute Gasteiger partial charge is 0.382 e. The minimum atomic E-state index is -0.552. The van der Waals surface area contributed by atoms with Crippen molar-refractivity contribution >= 4 is 6.29 Å². The molecule has 0 aromatic rings. The van der Waals surface area contributed by atoms with Crippen molar-refractivity contribution in [1.29, 1.82) is 0 Å². The number of rotatable bonds is 3. The molecule has 0 aliphatic carbocycles. The van der Waals surface area contributed by atoms with Crippen LogP contribution in [0.15, 0.2) is 0 Å². The molecule has 1 saturated heterocycles. The molecule has 11 heavy (non-hydrogen) atoms. The second-order valence-electron chi connectivity index (χ2n) is 3.16. The molecule has 3 heteroatoms. The summed E-state index contributed by atoms with van der Waals surface area (Å²) in [5.74, 6) is 0. The van der Waals surface area contributed by atoms with Crippen LogP contribution in [0.25, 0.3) is 0 Å². The molecule has 3 nitrogen and oxygen atoms in total. The zero-order valence-electron chi connectivity index (χ0n) is 7.00. The Bertz CT molecular complexity index is 146. The van der Waals surface area contributed by atoms with Gasteiger partial charge in [-0.15, -0.1) is 0 Å². The molecule has 0 spiro atoms. The monoisotopic (exact) mass is 158 g/mol. The second-order valence-corrected chi connectivity index (χ2v) is 3.16. The van der Waals surface area contributed by atoms with E-state index in [-0.39, 0.29) is 6.10 Å². The Balaban J connectivity index is 2.39. The van der Waals surface area contributed by atoms with E-state index < -0.39 is 5.60 Å². The third-order valence-electron chi connectivity index (χ3n) is 2.00. The van der Waals surface area contributed by atoms with Crippen molar-refractivity contribution in [3.05, 3.63) is 0 Å². The predicted octanol–water partition coefficient (Wildman–Crippen LogP) is 0.769. The van der Waals surface area contributed by atoms with Gasteiger partial charge in [-0.2, -0.15) is 0 Å². The van der Waals surface area contributed by atoms with E-state index in [9.17, 15) is 4.79 Å². The highest BCUT2D eigenvalue weighted by atomic mass is 16.5. The van der Waals surface area contributed by atoms with Gasteiger partial charge in [-0.3, -0.25) is 0 Å². The maximum Gasteiger partial charge on any atom is 0.151 e. The van der Waals surface area contributed by atoms with Crippen LogP contribution in [0.2, 0.25) is 0 Å². The second kappa shape index (κ2) is 3.32. The van der Waals surface area contributed by atoms with E-state index in [1.54, 1.807) is 7.11 Å². The molecular formula is C8H14O3. The third-order valence-corrected chi connectivity index (χ3v) is 2.00. The van der Waals surface area contributed by atoms with E-state index in [4.69, 9.17) is 9.47 Å². The van der Waals surface area contributed by atoms with E-state index in [1.807, 2.05) is 6.92 Å². The summed E-state index contributed by atoms with van der Waals surface area (Å²) < 4.78 is 10.4. The lowest BCUT2D eigenvalue weighted by atomic mass is 10.1. The highest BCUT2D eigenvalue weighted by Gasteiger charge is 2.35. The Kier molecular flexibility index (Phi) is 2.62. The van der Waals surface area contributed by atoms with Gasteiger partial charge in [0.2, 0.25) is 0 Å². The number of hydrogen-bond acceptors (Lipinski definition) is 3. The van der Waals surface area contributed by atoms with Gasteiger partial charge in [0.1, 0.15) is 5.60 Å². The summed E-state index contributed by atoms with van der Waals surface area (Å²) in [5.41, 5.74) is -0.552. The fraction of sp³-hybridized carbons (Fsp3) is 0.875. The Morgan fingerprint density at radius 2 is 2.55 bits per heavy atom. The molecule has 0 N–H and O–H groups in total. The van der Waals surface area contributed by atoms with Crippen molar-refractivity contribution in [2.45, 2.75) is 31.5 Å². The van der Waals surface area contributed by atoms with Crippen LogP contribution in [0.4, 0.5) is 0 Å². The average molecular weight is 158 g/mol. The van der Waals surface area contributed by atoms with Gasteiger partial charge in [-0.05, 0) is 19.8 Å². The van der Waals surface area contributed by atoms with E-state index in [0.717, 1.165) is 19.1 Å². The Labute approximate surface area is 66.7 Å². The van der Waals surface area contributed by atoms with Crippen molar-refractivity contribution in [2.24, 2.45) is 0 Å². The fourth-order valence-electron chi connectivity index (χ4n) is 1.34. The zero-order chi connectivity index (χ0) is 8.32. The van der Waals surface area contributed by atoms with E-state index in [2.05, 4.69) is 0 Å². The maximum absolute atomic E-state index is 10.5. The summed E-state index contributed by atoms with van der Waals surface area (Å²) in [6.45, 7) is 2.40. The van der Waals surface area contributed by atoms with Crippen molar-refractivity contribution in [1.82, 2.24) is 0 Å². The average Bonchev–Trinajstić information content (AvgIpc) is 2.35. The number of ether oxygens (including phenoxy) is 2. The van der Waals surface area contributed by atoms with Crippen LogP contribution in [0, 0.1) is 0 Å². The molecular weight excluding hydrogens is 144 g/mol. The molecule has 0 aromatic carbocycles. The van der Waals surface area contributed by atoms with E-state index >= 15 is 0 Å². The topological polar surface area (TPSA) is 35.5 Å². The van der Waals surface area contributed by atoms with Gasteiger partial charge in [0, 0.05) is 7.11 Å². The SMILES string of the molecule is COCC1CCC(C)(C=O)O1. The van der Waals surface area contributed by atoms with E-state index in [0.29, 0.717) is 6.61 Å². The van der Waals surface area contributed by atoms with Gasteiger partial charge in [0.05, 0.1) is 12.7 Å². The molecule has 1 heterocycles. The summed E-state index contributed by atoms with van der Waals surface area (Å²) in [6.07, 6.45) is 2.71. The standard InChI is InChI=1S/C8H14O3/c1-8(6-9)4-3-7(11-8)5-10-2/h6-7H,3-5H2,1-2H3. The summed E-state index contributed by atoms with van der Waals surface area (Å²) in [5, 5.41) is 0. The minimum Gasteiger partial charge on any atom is -0.382 e.